The van der Waals surface area contributed by atoms with Gasteiger partial charge in [0.05, 0.1) is 0 Å². The Labute approximate surface area is 79.1 Å². The van der Waals surface area contributed by atoms with Crippen LogP contribution in [0.2, 0.25) is 0 Å². The molecule has 76 valence electrons. The molecule has 2 nitrogen and oxygen atoms in total. The third-order valence-corrected chi connectivity index (χ3v) is 2.72. The Morgan fingerprint density at radius 3 is 2.54 bits per heavy atom. The molecular formula is C10H18FNO. The van der Waals surface area contributed by atoms with Gasteiger partial charge in [0.1, 0.15) is 6.67 Å². The van der Waals surface area contributed by atoms with Gasteiger partial charge in [0.2, 0.25) is 0 Å². The summed E-state index contributed by atoms with van der Waals surface area (Å²) in [5, 5.41) is 0. The van der Waals surface area contributed by atoms with Crippen LogP contribution in [-0.2, 0) is 4.79 Å². The number of likely N-dealkylation sites (tertiary alicyclic amines) is 1. The van der Waals surface area contributed by atoms with E-state index < -0.39 is 6.67 Å². The topological polar surface area (TPSA) is 20.3 Å². The van der Waals surface area contributed by atoms with Crippen LogP contribution in [0.25, 0.3) is 0 Å². The van der Waals surface area contributed by atoms with Gasteiger partial charge in [-0.1, -0.05) is 0 Å². The number of ketones is 1. The number of hydrogen-bond acceptors (Lipinski definition) is 2. The number of Topliss-reactive ketones (excluding diaryl/α,β-unsaturated/α-hetero) is 1. The van der Waals surface area contributed by atoms with Gasteiger partial charge in [0.15, 0.2) is 5.78 Å². The summed E-state index contributed by atoms with van der Waals surface area (Å²) in [6.07, 6.45) is 0.819. The van der Waals surface area contributed by atoms with Crippen LogP contribution < -0.4 is 0 Å². The average Bonchev–Trinajstić information content (AvgIpc) is 2.50. The number of carbonyl (C=O) groups excluding carboxylic acids is 1. The van der Waals surface area contributed by atoms with Gasteiger partial charge in [0.25, 0.3) is 0 Å². The van der Waals surface area contributed by atoms with E-state index in [1.54, 1.807) is 0 Å². The molecule has 1 atom stereocenters. The fourth-order valence-electron chi connectivity index (χ4n) is 1.74. The molecule has 1 saturated heterocycles. The van der Waals surface area contributed by atoms with Gasteiger partial charge < -0.3 is 0 Å². The minimum absolute atomic E-state index is 0.0655. The molecule has 3 heteroatoms. The van der Waals surface area contributed by atoms with E-state index in [-0.39, 0.29) is 17.2 Å². The zero-order chi connectivity index (χ0) is 10.1. The standard InChI is InChI=1S/C10H18FNO/c1-10(2,3)12-5-4-8(7-12)9(13)6-11/h8H,4-7H2,1-3H3. The first-order chi connectivity index (χ1) is 5.95. The number of alkyl halides is 1. The van der Waals surface area contributed by atoms with Crippen molar-refractivity contribution in [1.82, 2.24) is 4.90 Å². The summed E-state index contributed by atoms with van der Waals surface area (Å²) < 4.78 is 12.1. The van der Waals surface area contributed by atoms with Crippen molar-refractivity contribution in [2.45, 2.75) is 32.7 Å². The van der Waals surface area contributed by atoms with Crippen molar-refractivity contribution in [3.8, 4) is 0 Å². The maximum absolute atomic E-state index is 12.1. The first kappa shape index (κ1) is 10.6. The van der Waals surface area contributed by atoms with Gasteiger partial charge in [0, 0.05) is 18.0 Å². The van der Waals surface area contributed by atoms with Crippen molar-refractivity contribution in [1.29, 1.82) is 0 Å². The second kappa shape index (κ2) is 3.74. The molecular weight excluding hydrogens is 169 g/mol. The van der Waals surface area contributed by atoms with Crippen LogP contribution in [0, 0.1) is 5.92 Å². The summed E-state index contributed by atoms with van der Waals surface area (Å²) in [6.45, 7) is 7.20. The maximum atomic E-state index is 12.1. The second-order valence-corrected chi connectivity index (χ2v) is 4.70. The van der Waals surface area contributed by atoms with E-state index in [0.717, 1.165) is 19.5 Å². The zero-order valence-corrected chi connectivity index (χ0v) is 8.64. The molecule has 1 fully saturated rings. The Kier molecular flexibility index (Phi) is 3.06. The zero-order valence-electron chi connectivity index (χ0n) is 8.64. The first-order valence-corrected chi connectivity index (χ1v) is 4.79. The Bertz CT molecular complexity index is 198. The van der Waals surface area contributed by atoms with E-state index in [2.05, 4.69) is 25.7 Å². The largest absolute Gasteiger partial charge is 0.298 e. The molecule has 0 bridgehead atoms. The minimum atomic E-state index is -0.803. The van der Waals surface area contributed by atoms with E-state index in [0.29, 0.717) is 0 Å². The van der Waals surface area contributed by atoms with Crippen molar-refractivity contribution >= 4 is 5.78 Å². The molecule has 1 unspecified atom stereocenters. The van der Waals surface area contributed by atoms with E-state index in [1.165, 1.54) is 0 Å². The SMILES string of the molecule is CC(C)(C)N1CCC(C(=O)CF)C1. The minimum Gasteiger partial charge on any atom is -0.298 e. The highest BCUT2D eigenvalue weighted by atomic mass is 19.1. The normalized spacial score (nSPS) is 25.1. The number of halogens is 1. The second-order valence-electron chi connectivity index (χ2n) is 4.70. The first-order valence-electron chi connectivity index (χ1n) is 4.79. The van der Waals surface area contributed by atoms with Crippen LogP contribution >= 0.6 is 0 Å². The molecule has 1 aliphatic heterocycles. The summed E-state index contributed by atoms with van der Waals surface area (Å²) in [6, 6.07) is 0. The molecule has 0 N–H and O–H groups in total. The van der Waals surface area contributed by atoms with Crippen LogP contribution in [0.3, 0.4) is 0 Å². The molecule has 0 aromatic rings. The number of nitrogens with zero attached hydrogens (tertiary/aromatic N) is 1. The summed E-state index contributed by atoms with van der Waals surface area (Å²) >= 11 is 0. The quantitative estimate of drug-likeness (QED) is 0.655. The van der Waals surface area contributed by atoms with Crippen LogP contribution in [0.1, 0.15) is 27.2 Å². The lowest BCUT2D eigenvalue weighted by atomic mass is 10.0. The predicted octanol–water partition coefficient (Wildman–Crippen LogP) is 1.65. The molecule has 0 aromatic carbocycles. The Hall–Kier alpha value is -0.440. The molecule has 0 saturated carbocycles. The predicted molar refractivity (Wildman–Crippen MR) is 50.4 cm³/mol. The molecule has 0 radical (unpaired) electrons. The number of hydrogen-bond donors (Lipinski definition) is 0. The molecule has 1 rings (SSSR count). The van der Waals surface area contributed by atoms with Crippen molar-refractivity contribution < 1.29 is 9.18 Å². The highest BCUT2D eigenvalue weighted by molar-refractivity contribution is 5.82. The van der Waals surface area contributed by atoms with Crippen LogP contribution in [0.5, 0.6) is 0 Å². The van der Waals surface area contributed by atoms with Gasteiger partial charge >= 0.3 is 0 Å². The molecule has 0 aliphatic carbocycles. The third kappa shape index (κ3) is 2.50. The lowest BCUT2D eigenvalue weighted by molar-refractivity contribution is -0.123. The van der Waals surface area contributed by atoms with Crippen LogP contribution in [-0.4, -0.2) is 36.0 Å². The van der Waals surface area contributed by atoms with Gasteiger partial charge in [-0.3, -0.25) is 9.69 Å². The smallest absolute Gasteiger partial charge is 0.168 e. The van der Waals surface area contributed by atoms with Crippen molar-refractivity contribution in [2.24, 2.45) is 5.92 Å². The molecule has 0 aromatic heterocycles. The third-order valence-electron chi connectivity index (χ3n) is 2.72. The van der Waals surface area contributed by atoms with Crippen molar-refractivity contribution in [3.05, 3.63) is 0 Å². The van der Waals surface area contributed by atoms with E-state index in [4.69, 9.17) is 0 Å². The summed E-state index contributed by atoms with van der Waals surface area (Å²) in [5.41, 5.74) is 0.103. The molecule has 0 spiro atoms. The highest BCUT2D eigenvalue weighted by Gasteiger charge is 2.33. The van der Waals surface area contributed by atoms with E-state index in [9.17, 15) is 9.18 Å². The average molecular weight is 187 g/mol. The van der Waals surface area contributed by atoms with Crippen LogP contribution in [0.4, 0.5) is 4.39 Å². The molecule has 0 amide bonds. The fourth-order valence-corrected chi connectivity index (χ4v) is 1.74. The number of rotatable bonds is 2. The Morgan fingerprint density at radius 2 is 2.15 bits per heavy atom. The van der Waals surface area contributed by atoms with Gasteiger partial charge in [-0.25, -0.2) is 4.39 Å². The van der Waals surface area contributed by atoms with E-state index >= 15 is 0 Å². The lowest BCUT2D eigenvalue weighted by Gasteiger charge is -2.31. The lowest BCUT2D eigenvalue weighted by Crippen LogP contribution is -2.40. The summed E-state index contributed by atoms with van der Waals surface area (Å²) in [4.78, 5) is 13.3. The fraction of sp³-hybridized carbons (Fsp3) is 0.900. The highest BCUT2D eigenvalue weighted by Crippen LogP contribution is 2.24. The van der Waals surface area contributed by atoms with Gasteiger partial charge in [-0.05, 0) is 33.7 Å². The van der Waals surface area contributed by atoms with Crippen molar-refractivity contribution in [3.63, 3.8) is 0 Å². The molecule has 1 heterocycles. The van der Waals surface area contributed by atoms with Gasteiger partial charge in [-0.2, -0.15) is 0 Å². The van der Waals surface area contributed by atoms with Crippen molar-refractivity contribution in [2.75, 3.05) is 19.8 Å². The monoisotopic (exact) mass is 187 g/mol. The molecule has 13 heavy (non-hydrogen) atoms. The van der Waals surface area contributed by atoms with Gasteiger partial charge in [-0.15, -0.1) is 0 Å². The summed E-state index contributed by atoms with van der Waals surface area (Å²) in [7, 11) is 0. The van der Waals surface area contributed by atoms with E-state index in [1.807, 2.05) is 0 Å². The number of carbonyl (C=O) groups is 1. The Balaban J connectivity index is 2.50. The maximum Gasteiger partial charge on any atom is 0.168 e. The molecule has 1 aliphatic rings. The Morgan fingerprint density at radius 1 is 1.54 bits per heavy atom. The van der Waals surface area contributed by atoms with Crippen LogP contribution in [0.15, 0.2) is 0 Å². The summed E-state index contributed by atoms with van der Waals surface area (Å²) in [5.74, 6) is -0.295.